The van der Waals surface area contributed by atoms with Gasteiger partial charge in [0.05, 0.1) is 12.2 Å². The molecule has 1 unspecified atom stereocenters. The number of thioether (sulfide) groups is 1. The summed E-state index contributed by atoms with van der Waals surface area (Å²) in [6.07, 6.45) is 3.87. The maximum absolute atomic E-state index is 5.84. The van der Waals surface area contributed by atoms with Crippen LogP contribution in [0, 0.1) is 0 Å². The molecule has 0 aliphatic heterocycles. The number of oxazole rings is 1. The molecular formula is C14H18N2OS. The Morgan fingerprint density at radius 3 is 2.89 bits per heavy atom. The zero-order valence-corrected chi connectivity index (χ0v) is 11.8. The van der Waals surface area contributed by atoms with Gasteiger partial charge in [-0.05, 0) is 25.8 Å². The summed E-state index contributed by atoms with van der Waals surface area (Å²) in [4.78, 5) is 5.55. The smallest absolute Gasteiger partial charge is 0.211 e. The van der Waals surface area contributed by atoms with Crippen LogP contribution in [-0.4, -0.2) is 17.8 Å². The number of benzene rings is 1. The Morgan fingerprint density at radius 2 is 2.17 bits per heavy atom. The number of rotatable bonds is 5. The molecule has 1 atom stereocenters. The van der Waals surface area contributed by atoms with Gasteiger partial charge in [-0.1, -0.05) is 25.1 Å². The molecule has 1 aromatic heterocycles. The van der Waals surface area contributed by atoms with Crippen molar-refractivity contribution in [1.82, 2.24) is 10.3 Å². The lowest BCUT2D eigenvalue weighted by Gasteiger charge is -2.07. The van der Waals surface area contributed by atoms with E-state index in [1.807, 2.05) is 12.1 Å². The quantitative estimate of drug-likeness (QED) is 0.833. The van der Waals surface area contributed by atoms with Crippen molar-refractivity contribution in [3.8, 4) is 11.3 Å². The number of hydrogen-bond acceptors (Lipinski definition) is 4. The van der Waals surface area contributed by atoms with Gasteiger partial charge in [0.15, 0.2) is 5.76 Å². The highest BCUT2D eigenvalue weighted by Crippen LogP contribution is 2.31. The van der Waals surface area contributed by atoms with Crippen LogP contribution in [0.2, 0.25) is 0 Å². The van der Waals surface area contributed by atoms with Crippen molar-refractivity contribution in [3.63, 3.8) is 0 Å². The van der Waals surface area contributed by atoms with E-state index >= 15 is 0 Å². The van der Waals surface area contributed by atoms with Crippen LogP contribution >= 0.6 is 11.8 Å². The monoisotopic (exact) mass is 262 g/mol. The third kappa shape index (κ3) is 2.76. The zero-order chi connectivity index (χ0) is 13.0. The molecule has 0 aliphatic rings. The maximum atomic E-state index is 5.84. The van der Waals surface area contributed by atoms with Crippen LogP contribution in [0.25, 0.3) is 11.3 Å². The van der Waals surface area contributed by atoms with Crippen LogP contribution in [0.15, 0.2) is 39.8 Å². The summed E-state index contributed by atoms with van der Waals surface area (Å²) in [6.45, 7) is 5.03. The van der Waals surface area contributed by atoms with Gasteiger partial charge >= 0.3 is 0 Å². The van der Waals surface area contributed by atoms with Crippen LogP contribution in [0.5, 0.6) is 0 Å². The fourth-order valence-corrected chi connectivity index (χ4v) is 2.46. The Bertz CT molecular complexity index is 510. The molecule has 96 valence electrons. The topological polar surface area (TPSA) is 38.1 Å². The normalized spacial score (nSPS) is 12.6. The Labute approximate surface area is 112 Å². The van der Waals surface area contributed by atoms with E-state index in [1.54, 1.807) is 18.0 Å². The van der Waals surface area contributed by atoms with Crippen LogP contribution in [-0.2, 0) is 0 Å². The van der Waals surface area contributed by atoms with Crippen molar-refractivity contribution in [2.75, 3.05) is 12.8 Å². The molecule has 18 heavy (non-hydrogen) atoms. The standard InChI is InChI=1S/C14H18N2OS/c1-4-15-10(2)14-16-9-12(17-14)11-7-5-6-8-13(11)18-3/h5-10,15H,4H2,1-3H3. The van der Waals surface area contributed by atoms with Gasteiger partial charge in [0.2, 0.25) is 5.89 Å². The third-order valence-electron chi connectivity index (χ3n) is 2.78. The van der Waals surface area contributed by atoms with E-state index in [0.717, 1.165) is 23.8 Å². The van der Waals surface area contributed by atoms with Gasteiger partial charge in [0.25, 0.3) is 0 Å². The van der Waals surface area contributed by atoms with Gasteiger partial charge in [-0.3, -0.25) is 0 Å². The summed E-state index contributed by atoms with van der Waals surface area (Å²) < 4.78 is 5.84. The predicted molar refractivity (Wildman–Crippen MR) is 75.8 cm³/mol. The summed E-state index contributed by atoms with van der Waals surface area (Å²) in [6, 6.07) is 8.35. The number of nitrogens with zero attached hydrogens (tertiary/aromatic N) is 1. The summed E-state index contributed by atoms with van der Waals surface area (Å²) in [5, 5.41) is 3.29. The first-order valence-corrected chi connectivity index (χ1v) is 7.31. The van der Waals surface area contributed by atoms with Crippen molar-refractivity contribution >= 4 is 11.8 Å². The van der Waals surface area contributed by atoms with E-state index in [4.69, 9.17) is 4.42 Å². The zero-order valence-electron chi connectivity index (χ0n) is 10.9. The van der Waals surface area contributed by atoms with Gasteiger partial charge in [-0.2, -0.15) is 0 Å². The highest BCUT2D eigenvalue weighted by atomic mass is 32.2. The van der Waals surface area contributed by atoms with E-state index in [0.29, 0.717) is 0 Å². The minimum atomic E-state index is 0.144. The van der Waals surface area contributed by atoms with Gasteiger partial charge in [0.1, 0.15) is 0 Å². The molecule has 0 amide bonds. The minimum absolute atomic E-state index is 0.144. The molecule has 2 rings (SSSR count). The van der Waals surface area contributed by atoms with Crippen molar-refractivity contribution in [3.05, 3.63) is 36.4 Å². The fourth-order valence-electron chi connectivity index (χ4n) is 1.85. The van der Waals surface area contributed by atoms with Crippen molar-refractivity contribution in [2.45, 2.75) is 24.8 Å². The molecule has 0 radical (unpaired) electrons. The lowest BCUT2D eigenvalue weighted by molar-refractivity contribution is 0.428. The van der Waals surface area contributed by atoms with Crippen LogP contribution in [0.4, 0.5) is 0 Å². The highest BCUT2D eigenvalue weighted by Gasteiger charge is 2.13. The summed E-state index contributed by atoms with van der Waals surface area (Å²) in [7, 11) is 0. The van der Waals surface area contributed by atoms with Gasteiger partial charge < -0.3 is 9.73 Å². The molecule has 1 N–H and O–H groups in total. The maximum Gasteiger partial charge on any atom is 0.211 e. The Morgan fingerprint density at radius 1 is 1.39 bits per heavy atom. The predicted octanol–water partition coefficient (Wildman–Crippen LogP) is 3.73. The van der Waals surface area contributed by atoms with Crippen molar-refractivity contribution in [1.29, 1.82) is 0 Å². The second-order valence-corrected chi connectivity index (χ2v) is 4.89. The average Bonchev–Trinajstić information content (AvgIpc) is 2.88. The van der Waals surface area contributed by atoms with Crippen LogP contribution in [0.3, 0.4) is 0 Å². The molecule has 2 aromatic rings. The van der Waals surface area contributed by atoms with Crippen molar-refractivity contribution in [2.24, 2.45) is 0 Å². The summed E-state index contributed by atoms with van der Waals surface area (Å²) in [5.41, 5.74) is 1.10. The fraction of sp³-hybridized carbons (Fsp3) is 0.357. The molecule has 0 bridgehead atoms. The largest absolute Gasteiger partial charge is 0.439 e. The molecular weight excluding hydrogens is 244 g/mol. The number of nitrogens with one attached hydrogen (secondary N) is 1. The minimum Gasteiger partial charge on any atom is -0.439 e. The third-order valence-corrected chi connectivity index (χ3v) is 3.57. The van der Waals surface area contributed by atoms with Gasteiger partial charge in [-0.15, -0.1) is 11.8 Å². The molecule has 0 saturated heterocycles. The number of aromatic nitrogens is 1. The molecule has 0 aliphatic carbocycles. The summed E-state index contributed by atoms with van der Waals surface area (Å²) in [5.74, 6) is 1.57. The van der Waals surface area contributed by atoms with E-state index in [1.165, 1.54) is 4.90 Å². The Hall–Kier alpha value is -1.26. The van der Waals surface area contributed by atoms with Gasteiger partial charge in [0, 0.05) is 10.5 Å². The highest BCUT2D eigenvalue weighted by molar-refractivity contribution is 7.98. The van der Waals surface area contributed by atoms with Crippen LogP contribution in [0.1, 0.15) is 25.8 Å². The molecule has 1 heterocycles. The van der Waals surface area contributed by atoms with Crippen LogP contribution < -0.4 is 5.32 Å². The first-order valence-electron chi connectivity index (χ1n) is 6.08. The van der Waals surface area contributed by atoms with E-state index < -0.39 is 0 Å². The lowest BCUT2D eigenvalue weighted by atomic mass is 10.2. The molecule has 0 saturated carbocycles. The Kier molecular flexibility index (Phi) is 4.44. The van der Waals surface area contributed by atoms with Gasteiger partial charge in [-0.25, -0.2) is 4.98 Å². The second-order valence-electron chi connectivity index (χ2n) is 4.04. The first kappa shape index (κ1) is 13.2. The van der Waals surface area contributed by atoms with E-state index in [2.05, 4.69) is 42.5 Å². The molecule has 0 spiro atoms. The lowest BCUT2D eigenvalue weighted by Crippen LogP contribution is -2.17. The summed E-state index contributed by atoms with van der Waals surface area (Å²) >= 11 is 1.71. The van der Waals surface area contributed by atoms with E-state index in [-0.39, 0.29) is 6.04 Å². The van der Waals surface area contributed by atoms with E-state index in [9.17, 15) is 0 Å². The SMILES string of the molecule is CCNC(C)c1ncc(-c2ccccc2SC)o1. The average molecular weight is 262 g/mol. The first-order chi connectivity index (χ1) is 8.76. The second kappa shape index (κ2) is 6.07. The molecule has 1 aromatic carbocycles. The van der Waals surface area contributed by atoms with Crippen molar-refractivity contribution < 1.29 is 4.42 Å². The molecule has 4 heteroatoms. The Balaban J connectivity index is 2.29. The number of hydrogen-bond donors (Lipinski definition) is 1. The molecule has 3 nitrogen and oxygen atoms in total. The molecule has 0 fully saturated rings.